The Hall–Kier alpha value is -0.980. The molecule has 1 heterocycles. The summed E-state index contributed by atoms with van der Waals surface area (Å²) in [5.41, 5.74) is 2.89. The number of hydrogen-bond acceptors (Lipinski definition) is 1. The molecule has 0 spiro atoms. The first-order valence-corrected chi connectivity index (χ1v) is 5.24. The fourth-order valence-corrected chi connectivity index (χ4v) is 1.77. The van der Waals surface area contributed by atoms with Crippen LogP contribution < -0.4 is 4.90 Å². The number of anilines is 1. The monoisotopic (exact) mass is 175 g/mol. The molecule has 1 fully saturated rings. The van der Waals surface area contributed by atoms with Gasteiger partial charge in [0, 0.05) is 18.8 Å². The molecule has 0 saturated carbocycles. The molecular formula is C12H17N. The van der Waals surface area contributed by atoms with Crippen LogP contribution in [0, 0.1) is 0 Å². The SMILES string of the molecule is CCCc1cccc(N2CCC2)c1. The molecule has 0 radical (unpaired) electrons. The summed E-state index contributed by atoms with van der Waals surface area (Å²) in [7, 11) is 0. The van der Waals surface area contributed by atoms with Crippen molar-refractivity contribution >= 4 is 5.69 Å². The van der Waals surface area contributed by atoms with Crippen LogP contribution in [0.2, 0.25) is 0 Å². The van der Waals surface area contributed by atoms with E-state index in [1.54, 1.807) is 0 Å². The molecule has 1 nitrogen and oxygen atoms in total. The average Bonchev–Trinajstić information content (AvgIpc) is 2.02. The van der Waals surface area contributed by atoms with Crippen molar-refractivity contribution in [3.63, 3.8) is 0 Å². The van der Waals surface area contributed by atoms with E-state index in [4.69, 9.17) is 0 Å². The lowest BCUT2D eigenvalue weighted by Crippen LogP contribution is -2.36. The fourth-order valence-electron chi connectivity index (χ4n) is 1.77. The molecule has 1 aliphatic heterocycles. The van der Waals surface area contributed by atoms with Crippen LogP contribution in [0.4, 0.5) is 5.69 Å². The van der Waals surface area contributed by atoms with Crippen LogP contribution in [0.5, 0.6) is 0 Å². The molecule has 1 saturated heterocycles. The molecule has 0 unspecified atom stereocenters. The molecule has 1 aromatic rings. The van der Waals surface area contributed by atoms with Crippen molar-refractivity contribution in [3.05, 3.63) is 29.8 Å². The highest BCUT2D eigenvalue weighted by atomic mass is 15.2. The van der Waals surface area contributed by atoms with E-state index in [1.807, 2.05) is 0 Å². The van der Waals surface area contributed by atoms with Gasteiger partial charge in [0.2, 0.25) is 0 Å². The van der Waals surface area contributed by atoms with E-state index in [-0.39, 0.29) is 0 Å². The quantitative estimate of drug-likeness (QED) is 0.682. The maximum atomic E-state index is 2.44. The summed E-state index contributed by atoms with van der Waals surface area (Å²) in [5, 5.41) is 0. The van der Waals surface area contributed by atoms with Gasteiger partial charge in [-0.2, -0.15) is 0 Å². The van der Waals surface area contributed by atoms with E-state index < -0.39 is 0 Å². The van der Waals surface area contributed by atoms with Crippen molar-refractivity contribution in [2.24, 2.45) is 0 Å². The highest BCUT2D eigenvalue weighted by Crippen LogP contribution is 2.21. The minimum absolute atomic E-state index is 1.21. The third-order valence-corrected chi connectivity index (χ3v) is 2.67. The summed E-state index contributed by atoms with van der Waals surface area (Å²) in [4.78, 5) is 2.44. The average molecular weight is 175 g/mol. The number of nitrogens with zero attached hydrogens (tertiary/aromatic N) is 1. The van der Waals surface area contributed by atoms with E-state index >= 15 is 0 Å². The Morgan fingerprint density at radius 2 is 2.15 bits per heavy atom. The van der Waals surface area contributed by atoms with Crippen molar-refractivity contribution in [1.82, 2.24) is 0 Å². The highest BCUT2D eigenvalue weighted by molar-refractivity contribution is 5.50. The van der Waals surface area contributed by atoms with Gasteiger partial charge >= 0.3 is 0 Å². The first-order valence-electron chi connectivity index (χ1n) is 5.24. The molecule has 0 atom stereocenters. The van der Waals surface area contributed by atoms with Crippen molar-refractivity contribution in [3.8, 4) is 0 Å². The van der Waals surface area contributed by atoms with E-state index in [2.05, 4.69) is 36.1 Å². The lowest BCUT2D eigenvalue weighted by Gasteiger charge is -2.33. The molecule has 0 N–H and O–H groups in total. The standard InChI is InChI=1S/C12H17N/c1-2-5-11-6-3-7-12(10-11)13-8-4-9-13/h3,6-7,10H,2,4-5,8-9H2,1H3. The Kier molecular flexibility index (Phi) is 2.53. The molecule has 0 aliphatic carbocycles. The Bertz CT molecular complexity index is 276. The van der Waals surface area contributed by atoms with Crippen LogP contribution in [0.1, 0.15) is 25.3 Å². The Labute approximate surface area is 80.4 Å². The first-order chi connectivity index (χ1) is 6.40. The first kappa shape index (κ1) is 8.61. The molecule has 0 amide bonds. The van der Waals surface area contributed by atoms with Gasteiger partial charge in [0.15, 0.2) is 0 Å². The van der Waals surface area contributed by atoms with Gasteiger partial charge in [-0.3, -0.25) is 0 Å². The second-order valence-corrected chi connectivity index (χ2v) is 3.76. The Morgan fingerprint density at radius 1 is 1.31 bits per heavy atom. The van der Waals surface area contributed by atoms with E-state index in [0.717, 1.165) is 0 Å². The maximum absolute atomic E-state index is 2.44. The van der Waals surface area contributed by atoms with Crippen LogP contribution in [0.3, 0.4) is 0 Å². The van der Waals surface area contributed by atoms with Crippen LogP contribution in [0.25, 0.3) is 0 Å². The van der Waals surface area contributed by atoms with Gasteiger partial charge in [-0.05, 0) is 30.5 Å². The zero-order valence-electron chi connectivity index (χ0n) is 8.29. The van der Waals surface area contributed by atoms with E-state index in [0.29, 0.717) is 0 Å². The van der Waals surface area contributed by atoms with Crippen LogP contribution in [-0.4, -0.2) is 13.1 Å². The fraction of sp³-hybridized carbons (Fsp3) is 0.500. The van der Waals surface area contributed by atoms with Crippen LogP contribution >= 0.6 is 0 Å². The third kappa shape index (κ3) is 1.85. The zero-order valence-corrected chi connectivity index (χ0v) is 8.29. The summed E-state index contributed by atoms with van der Waals surface area (Å²) >= 11 is 0. The van der Waals surface area contributed by atoms with E-state index in [9.17, 15) is 0 Å². The summed E-state index contributed by atoms with van der Waals surface area (Å²) < 4.78 is 0. The largest absolute Gasteiger partial charge is 0.371 e. The number of rotatable bonds is 3. The van der Waals surface area contributed by atoms with Gasteiger partial charge in [0.05, 0.1) is 0 Å². The Balaban J connectivity index is 2.11. The predicted molar refractivity (Wildman–Crippen MR) is 57.3 cm³/mol. The molecular weight excluding hydrogens is 158 g/mol. The summed E-state index contributed by atoms with van der Waals surface area (Å²) in [6.45, 7) is 4.72. The minimum Gasteiger partial charge on any atom is -0.371 e. The minimum atomic E-state index is 1.21. The Morgan fingerprint density at radius 3 is 2.77 bits per heavy atom. The topological polar surface area (TPSA) is 3.24 Å². The zero-order chi connectivity index (χ0) is 9.10. The molecule has 2 rings (SSSR count). The molecule has 1 heteroatoms. The van der Waals surface area contributed by atoms with Crippen molar-refractivity contribution in [2.45, 2.75) is 26.2 Å². The molecule has 1 aromatic carbocycles. The van der Waals surface area contributed by atoms with Gasteiger partial charge in [0.25, 0.3) is 0 Å². The number of hydrogen-bond donors (Lipinski definition) is 0. The maximum Gasteiger partial charge on any atom is 0.0368 e. The van der Waals surface area contributed by atoms with Gasteiger partial charge in [-0.1, -0.05) is 25.5 Å². The van der Waals surface area contributed by atoms with Crippen molar-refractivity contribution in [2.75, 3.05) is 18.0 Å². The second-order valence-electron chi connectivity index (χ2n) is 3.76. The lowest BCUT2D eigenvalue weighted by molar-refractivity contribution is 0.617. The summed E-state index contributed by atoms with van der Waals surface area (Å²) in [6, 6.07) is 8.96. The molecule has 1 aliphatic rings. The molecule has 0 aromatic heterocycles. The second kappa shape index (κ2) is 3.82. The van der Waals surface area contributed by atoms with Gasteiger partial charge < -0.3 is 4.90 Å². The number of benzene rings is 1. The van der Waals surface area contributed by atoms with Crippen molar-refractivity contribution < 1.29 is 0 Å². The third-order valence-electron chi connectivity index (χ3n) is 2.67. The smallest absolute Gasteiger partial charge is 0.0368 e. The van der Waals surface area contributed by atoms with Gasteiger partial charge in [0.1, 0.15) is 0 Å². The lowest BCUT2D eigenvalue weighted by atomic mass is 10.1. The highest BCUT2D eigenvalue weighted by Gasteiger charge is 2.13. The molecule has 70 valence electrons. The van der Waals surface area contributed by atoms with Gasteiger partial charge in [-0.25, -0.2) is 0 Å². The van der Waals surface area contributed by atoms with Crippen molar-refractivity contribution in [1.29, 1.82) is 0 Å². The van der Waals surface area contributed by atoms with Crippen LogP contribution in [-0.2, 0) is 6.42 Å². The van der Waals surface area contributed by atoms with Crippen LogP contribution in [0.15, 0.2) is 24.3 Å². The van der Waals surface area contributed by atoms with E-state index in [1.165, 1.54) is 43.6 Å². The molecule has 0 bridgehead atoms. The summed E-state index contributed by atoms with van der Waals surface area (Å²) in [5.74, 6) is 0. The van der Waals surface area contributed by atoms with Gasteiger partial charge in [-0.15, -0.1) is 0 Å². The predicted octanol–water partition coefficient (Wildman–Crippen LogP) is 2.85. The number of aryl methyl sites for hydroxylation is 1. The summed E-state index contributed by atoms with van der Waals surface area (Å²) in [6.07, 6.45) is 3.81. The molecule has 13 heavy (non-hydrogen) atoms. The normalized spacial score (nSPS) is 15.6.